The van der Waals surface area contributed by atoms with Crippen molar-refractivity contribution in [2.24, 2.45) is 0 Å². The molecule has 0 aromatic carbocycles. The summed E-state index contributed by atoms with van der Waals surface area (Å²) in [5.41, 5.74) is 5.48. The van der Waals surface area contributed by atoms with Crippen molar-refractivity contribution in [3.63, 3.8) is 0 Å². The first-order valence-corrected chi connectivity index (χ1v) is 10.1. The molecule has 4 N–H and O–H groups in total. The van der Waals surface area contributed by atoms with E-state index in [0.717, 1.165) is 0 Å². The molecule has 0 bridgehead atoms. The van der Waals surface area contributed by atoms with Crippen LogP contribution in [0.4, 0.5) is 5.95 Å². The van der Waals surface area contributed by atoms with E-state index in [0.29, 0.717) is 6.42 Å². The highest BCUT2D eigenvalue weighted by Gasteiger charge is 2.41. The van der Waals surface area contributed by atoms with Crippen LogP contribution < -0.4 is 11.3 Å². The minimum absolute atomic E-state index is 0.0565. The van der Waals surface area contributed by atoms with Crippen LogP contribution in [0.15, 0.2) is 22.6 Å². The summed E-state index contributed by atoms with van der Waals surface area (Å²) in [7, 11) is 2.68. The molecule has 0 fully saturated rings. The Balaban J connectivity index is 2.12. The molecule has 11 nitrogen and oxygen atoms in total. The Kier molecular flexibility index (Phi) is 5.04. The molecule has 1 aliphatic rings. The molecule has 13 heteroatoms. The molecule has 0 radical (unpaired) electrons. The van der Waals surface area contributed by atoms with Gasteiger partial charge in [-0.1, -0.05) is 6.92 Å². The molecular weight excluding hydrogens is 385 g/mol. The highest BCUT2D eigenvalue weighted by atomic mass is 32.5. The van der Waals surface area contributed by atoms with Gasteiger partial charge in [0.05, 0.1) is 13.4 Å². The maximum absolute atomic E-state index is 12.0. The van der Waals surface area contributed by atoms with Crippen molar-refractivity contribution >= 4 is 35.6 Å². The summed E-state index contributed by atoms with van der Waals surface area (Å²) in [6.45, 7) is -1.63. The van der Waals surface area contributed by atoms with Crippen LogP contribution in [0.5, 0.6) is 0 Å². The van der Waals surface area contributed by atoms with Crippen LogP contribution in [0.25, 0.3) is 11.2 Å². The van der Waals surface area contributed by atoms with E-state index in [4.69, 9.17) is 36.1 Å². The van der Waals surface area contributed by atoms with Gasteiger partial charge in [0.1, 0.15) is 6.10 Å². The number of nitrogen functional groups attached to an aromatic ring is 1. The number of imidazole rings is 1. The van der Waals surface area contributed by atoms with Crippen molar-refractivity contribution in [1.82, 2.24) is 19.5 Å². The zero-order valence-corrected chi connectivity index (χ0v) is 15.9. The van der Waals surface area contributed by atoms with E-state index in [1.165, 1.54) is 25.1 Å². The third-order valence-corrected chi connectivity index (χ3v) is 5.35. The van der Waals surface area contributed by atoms with Gasteiger partial charge in [0.15, 0.2) is 28.9 Å². The van der Waals surface area contributed by atoms with Crippen molar-refractivity contribution in [2.45, 2.75) is 25.7 Å². The van der Waals surface area contributed by atoms with Gasteiger partial charge in [-0.25, -0.2) is 4.98 Å². The quantitative estimate of drug-likeness (QED) is 0.590. The first kappa shape index (κ1) is 18.8. The first-order chi connectivity index (χ1) is 12.3. The van der Waals surface area contributed by atoms with Crippen molar-refractivity contribution in [2.75, 3.05) is 20.0 Å². The van der Waals surface area contributed by atoms with Crippen LogP contribution in [-0.2, 0) is 30.3 Å². The molecule has 0 aliphatic carbocycles. The normalized spacial score (nSPS) is 22.6. The zero-order valence-electron chi connectivity index (χ0n) is 14.2. The second-order valence-electron chi connectivity index (χ2n) is 5.34. The second-order valence-corrected chi connectivity index (χ2v) is 8.20. The highest BCUT2D eigenvalue weighted by molar-refractivity contribution is 8.07. The molecule has 0 saturated carbocycles. The number of nitrogens with zero attached hydrogens (tertiary/aromatic N) is 3. The smallest absolute Gasteiger partial charge is 0.377 e. The van der Waals surface area contributed by atoms with E-state index < -0.39 is 24.6 Å². The van der Waals surface area contributed by atoms with Crippen LogP contribution in [0.3, 0.4) is 0 Å². The predicted molar refractivity (Wildman–Crippen MR) is 95.4 cm³/mol. The molecule has 2 aromatic rings. The maximum Gasteiger partial charge on any atom is 0.377 e. The summed E-state index contributed by atoms with van der Waals surface area (Å²) < 4.78 is 23.2. The fourth-order valence-electron chi connectivity index (χ4n) is 2.61. The molecule has 142 valence electrons. The number of aromatic amines is 1. The molecule has 0 saturated heterocycles. The first-order valence-electron chi connectivity index (χ1n) is 7.55. The second kappa shape index (κ2) is 6.97. The monoisotopic (exact) mass is 403 g/mol. The number of aromatic nitrogens is 4. The third-order valence-electron chi connectivity index (χ3n) is 3.79. The van der Waals surface area contributed by atoms with E-state index in [-0.39, 0.29) is 28.6 Å². The number of H-pyrrole nitrogens is 1. The highest BCUT2D eigenvalue weighted by Crippen LogP contribution is 2.50. The number of anilines is 1. The minimum atomic E-state index is -3.49. The average molecular weight is 403 g/mol. The fraction of sp³-hybridized carbons (Fsp3) is 0.462. The van der Waals surface area contributed by atoms with Gasteiger partial charge < -0.3 is 29.1 Å². The molecule has 2 aromatic heterocycles. The number of fused-ring (bicyclic) bond motifs is 1. The number of rotatable bonds is 6. The number of methoxy groups -OCH3 is 1. The van der Waals surface area contributed by atoms with Crippen molar-refractivity contribution in [1.29, 1.82) is 0 Å². The van der Waals surface area contributed by atoms with Gasteiger partial charge in [0.25, 0.3) is 5.56 Å². The Bertz CT molecular complexity index is 972. The van der Waals surface area contributed by atoms with Crippen molar-refractivity contribution in [3.05, 3.63) is 28.2 Å². The summed E-state index contributed by atoms with van der Waals surface area (Å²) in [5.74, 6) is 0.434. The predicted octanol–water partition coefficient (Wildman–Crippen LogP) is 0.747. The number of nitrogens with two attached hydrogens (primary N) is 1. The van der Waals surface area contributed by atoms with Crippen LogP contribution in [0.1, 0.15) is 19.6 Å². The Morgan fingerprint density at radius 1 is 1.50 bits per heavy atom. The lowest BCUT2D eigenvalue weighted by atomic mass is 10.2. The Hall–Kier alpha value is -1.98. The van der Waals surface area contributed by atoms with E-state index in [1.54, 1.807) is 0 Å². The largest absolute Gasteiger partial charge is 0.493 e. The Morgan fingerprint density at radius 3 is 2.85 bits per heavy atom. The summed E-state index contributed by atoms with van der Waals surface area (Å²) >= 11 is 4.92. The van der Waals surface area contributed by atoms with Gasteiger partial charge in [-0.15, -0.1) is 0 Å². The van der Waals surface area contributed by atoms with Gasteiger partial charge in [-0.05, 0) is 6.42 Å². The van der Waals surface area contributed by atoms with Crippen LogP contribution >= 0.6 is 6.72 Å². The van der Waals surface area contributed by atoms with E-state index in [1.807, 2.05) is 6.92 Å². The summed E-state index contributed by atoms with van der Waals surface area (Å²) in [5, 5.41) is 0. The minimum Gasteiger partial charge on any atom is -0.493 e. The molecule has 0 spiro atoms. The van der Waals surface area contributed by atoms with Gasteiger partial charge in [0, 0.05) is 18.9 Å². The molecule has 26 heavy (non-hydrogen) atoms. The summed E-state index contributed by atoms with van der Waals surface area (Å²) in [6, 6.07) is 0. The zero-order chi connectivity index (χ0) is 19.1. The standard InChI is InChI=1S/C13H18N5O6PS/c1-4-6-8(24-25(20,26)22-3)9(21-2)12(23-6)18-5-15-7-10(18)16-13(14)17-11(7)19/h5-6,12H,4H2,1-3H3,(H,20,26)(H3,14,16,17,19)/t6-,12-,25?/m1/s1. The Labute approximate surface area is 153 Å². The van der Waals surface area contributed by atoms with Crippen molar-refractivity contribution in [3.8, 4) is 0 Å². The van der Waals surface area contributed by atoms with E-state index in [2.05, 4.69) is 15.0 Å². The SMILES string of the molecule is CC[C@H]1O[C@@H](n2cnc3c(=O)[nH]c(N)nc32)C(OC)=C1OP(O)(=S)OC. The topological polar surface area (TPSA) is 147 Å². The van der Waals surface area contributed by atoms with Gasteiger partial charge >= 0.3 is 6.72 Å². The lowest BCUT2D eigenvalue weighted by molar-refractivity contribution is -0.0151. The molecule has 3 atom stereocenters. The van der Waals surface area contributed by atoms with E-state index >= 15 is 0 Å². The molecular formula is C13H18N5O6PS. The molecule has 3 rings (SSSR count). The average Bonchev–Trinajstić information content (AvgIpc) is 3.15. The van der Waals surface area contributed by atoms with Crippen molar-refractivity contribution < 1.29 is 23.4 Å². The molecule has 3 heterocycles. The summed E-state index contributed by atoms with van der Waals surface area (Å²) in [4.78, 5) is 32.5. The van der Waals surface area contributed by atoms with Gasteiger partial charge in [-0.2, -0.15) is 4.98 Å². The Morgan fingerprint density at radius 2 is 2.23 bits per heavy atom. The number of ether oxygens (including phenoxy) is 2. The lowest BCUT2D eigenvalue weighted by Gasteiger charge is -2.18. The van der Waals surface area contributed by atoms with Crippen LogP contribution in [0, 0.1) is 0 Å². The molecule has 0 amide bonds. The lowest BCUT2D eigenvalue weighted by Crippen LogP contribution is -2.17. The molecule has 1 unspecified atom stereocenters. The van der Waals surface area contributed by atoms with Crippen LogP contribution in [-0.4, -0.2) is 44.7 Å². The van der Waals surface area contributed by atoms with E-state index in [9.17, 15) is 9.69 Å². The number of hydrogen-bond acceptors (Lipinski definition) is 9. The number of nitrogens with one attached hydrogen (secondary N) is 1. The third kappa shape index (κ3) is 3.21. The van der Waals surface area contributed by atoms with Crippen LogP contribution in [0.2, 0.25) is 0 Å². The summed E-state index contributed by atoms with van der Waals surface area (Å²) in [6.07, 6.45) is 0.527. The number of hydrogen-bond donors (Lipinski definition) is 3. The molecule has 1 aliphatic heterocycles. The van der Waals surface area contributed by atoms with Gasteiger partial charge in [-0.3, -0.25) is 14.3 Å². The maximum atomic E-state index is 12.0. The van der Waals surface area contributed by atoms with Gasteiger partial charge in [0.2, 0.25) is 5.95 Å². The fourth-order valence-corrected chi connectivity index (χ4v) is 3.39.